The lowest BCUT2D eigenvalue weighted by molar-refractivity contribution is 0.0951. The summed E-state index contributed by atoms with van der Waals surface area (Å²) in [4.78, 5) is 23.7. The van der Waals surface area contributed by atoms with E-state index >= 15 is 0 Å². The van der Waals surface area contributed by atoms with Crippen molar-refractivity contribution in [3.8, 4) is 18.0 Å². The maximum atomic E-state index is 11.8. The highest BCUT2D eigenvalue weighted by Crippen LogP contribution is 2.07. The summed E-state index contributed by atoms with van der Waals surface area (Å²) in [5, 5.41) is 6.56. The molecule has 0 radical (unpaired) electrons. The maximum Gasteiger partial charge on any atom is 0.276 e. The number of terminal acetylenes is 1. The first kappa shape index (κ1) is 13.6. The van der Waals surface area contributed by atoms with E-state index in [0.29, 0.717) is 5.69 Å². The number of aromatic nitrogens is 2. The molecule has 0 aliphatic heterocycles. The molecule has 5 heteroatoms. The van der Waals surface area contributed by atoms with E-state index in [-0.39, 0.29) is 12.2 Å². The third-order valence-corrected chi connectivity index (χ3v) is 2.67. The van der Waals surface area contributed by atoms with E-state index in [4.69, 9.17) is 6.42 Å². The van der Waals surface area contributed by atoms with Crippen LogP contribution < -0.4 is 10.7 Å². The Morgan fingerprint density at radius 3 is 2.75 bits per heavy atom. The Labute approximate surface area is 116 Å². The van der Waals surface area contributed by atoms with Crippen LogP contribution in [0, 0.1) is 19.3 Å². The molecule has 2 aromatic rings. The van der Waals surface area contributed by atoms with Gasteiger partial charge in [0.15, 0.2) is 5.69 Å². The first-order valence-corrected chi connectivity index (χ1v) is 6.01. The molecule has 0 spiro atoms. The van der Waals surface area contributed by atoms with Crippen LogP contribution in [0.1, 0.15) is 16.2 Å². The molecule has 5 nitrogen and oxygen atoms in total. The number of carbonyl (C=O) groups excluding carboxylic acids is 1. The van der Waals surface area contributed by atoms with Gasteiger partial charge >= 0.3 is 0 Å². The summed E-state index contributed by atoms with van der Waals surface area (Å²) in [6.45, 7) is 1.81. The van der Waals surface area contributed by atoms with Crippen molar-refractivity contribution in [2.45, 2.75) is 6.92 Å². The smallest absolute Gasteiger partial charge is 0.276 e. The van der Waals surface area contributed by atoms with E-state index in [9.17, 15) is 9.59 Å². The second kappa shape index (κ2) is 5.85. The molecular weight excluding hydrogens is 254 g/mol. The van der Waals surface area contributed by atoms with Crippen molar-refractivity contribution >= 4 is 5.91 Å². The van der Waals surface area contributed by atoms with Crippen LogP contribution in [-0.4, -0.2) is 22.2 Å². The predicted molar refractivity (Wildman–Crippen MR) is 75.7 cm³/mol. The molecule has 0 saturated heterocycles. The monoisotopic (exact) mass is 267 g/mol. The standard InChI is InChI=1S/C15H13N3O2/c1-3-9-16-15(20)14-13(19)10-11(2)18(17-14)12-7-5-4-6-8-12/h1,4-8,10H,9H2,2H3,(H,16,20). The molecule has 0 aliphatic carbocycles. The summed E-state index contributed by atoms with van der Waals surface area (Å²) in [5.74, 6) is 1.71. The Bertz CT molecular complexity index is 727. The number of hydrogen-bond acceptors (Lipinski definition) is 3. The van der Waals surface area contributed by atoms with Gasteiger partial charge in [0, 0.05) is 11.8 Å². The third-order valence-electron chi connectivity index (χ3n) is 2.67. The fourth-order valence-corrected chi connectivity index (χ4v) is 1.75. The van der Waals surface area contributed by atoms with Gasteiger partial charge in [0.25, 0.3) is 5.91 Å². The first-order valence-electron chi connectivity index (χ1n) is 6.01. The van der Waals surface area contributed by atoms with Crippen molar-refractivity contribution < 1.29 is 4.79 Å². The molecule has 1 heterocycles. The molecule has 100 valence electrons. The molecule has 1 N–H and O–H groups in total. The number of hydrogen-bond donors (Lipinski definition) is 1. The van der Waals surface area contributed by atoms with Crippen molar-refractivity contribution in [1.29, 1.82) is 0 Å². The Balaban J connectivity index is 2.48. The molecule has 1 aromatic heterocycles. The highest BCUT2D eigenvalue weighted by atomic mass is 16.2. The molecule has 2 rings (SSSR count). The highest BCUT2D eigenvalue weighted by Gasteiger charge is 2.14. The molecule has 0 fully saturated rings. The van der Waals surface area contributed by atoms with Crippen LogP contribution in [0.25, 0.3) is 5.69 Å². The number of aryl methyl sites for hydroxylation is 1. The summed E-state index contributed by atoms with van der Waals surface area (Å²) >= 11 is 0. The molecule has 0 saturated carbocycles. The zero-order valence-corrected chi connectivity index (χ0v) is 11.0. The van der Waals surface area contributed by atoms with E-state index in [2.05, 4.69) is 16.3 Å². The van der Waals surface area contributed by atoms with E-state index < -0.39 is 11.3 Å². The van der Waals surface area contributed by atoms with Crippen molar-refractivity contribution in [1.82, 2.24) is 15.1 Å². The van der Waals surface area contributed by atoms with Crippen LogP contribution in [0.4, 0.5) is 0 Å². The Hall–Kier alpha value is -2.87. The Kier molecular flexibility index (Phi) is 3.96. The number of para-hydroxylation sites is 1. The quantitative estimate of drug-likeness (QED) is 0.840. The fraction of sp³-hybridized carbons (Fsp3) is 0.133. The topological polar surface area (TPSA) is 64.0 Å². The van der Waals surface area contributed by atoms with Crippen molar-refractivity contribution in [2.75, 3.05) is 6.54 Å². The predicted octanol–water partition coefficient (Wildman–Crippen LogP) is 0.904. The Morgan fingerprint density at radius 2 is 2.10 bits per heavy atom. The van der Waals surface area contributed by atoms with Crippen LogP contribution >= 0.6 is 0 Å². The number of amides is 1. The lowest BCUT2D eigenvalue weighted by atomic mass is 10.2. The van der Waals surface area contributed by atoms with Crippen LogP contribution in [-0.2, 0) is 0 Å². The molecule has 0 unspecified atom stereocenters. The second-order valence-corrected chi connectivity index (χ2v) is 4.13. The molecule has 0 aliphatic rings. The van der Waals surface area contributed by atoms with Crippen molar-refractivity contribution in [2.24, 2.45) is 0 Å². The fourth-order valence-electron chi connectivity index (χ4n) is 1.75. The lowest BCUT2D eigenvalue weighted by Crippen LogP contribution is -2.32. The van der Waals surface area contributed by atoms with Gasteiger partial charge in [-0.05, 0) is 19.1 Å². The van der Waals surface area contributed by atoms with Gasteiger partial charge in [-0.3, -0.25) is 9.59 Å². The number of rotatable bonds is 3. The molecule has 0 atom stereocenters. The number of benzene rings is 1. The number of nitrogens with zero attached hydrogens (tertiary/aromatic N) is 2. The SMILES string of the molecule is C#CCNC(=O)c1nn(-c2ccccc2)c(C)cc1=O. The van der Waals surface area contributed by atoms with Crippen LogP contribution in [0.2, 0.25) is 0 Å². The van der Waals surface area contributed by atoms with Crippen LogP contribution in [0.5, 0.6) is 0 Å². The largest absolute Gasteiger partial charge is 0.340 e. The van der Waals surface area contributed by atoms with E-state index in [1.807, 2.05) is 30.3 Å². The minimum absolute atomic E-state index is 0.0547. The zero-order chi connectivity index (χ0) is 14.5. The summed E-state index contributed by atoms with van der Waals surface area (Å²) in [6, 6.07) is 10.6. The minimum atomic E-state index is -0.572. The maximum absolute atomic E-state index is 11.8. The number of carbonyl (C=O) groups is 1. The molecule has 1 aromatic carbocycles. The van der Waals surface area contributed by atoms with E-state index in [1.165, 1.54) is 6.07 Å². The normalized spacial score (nSPS) is 9.80. The summed E-state index contributed by atoms with van der Waals surface area (Å²) in [7, 11) is 0. The summed E-state index contributed by atoms with van der Waals surface area (Å²) < 4.78 is 1.55. The molecule has 20 heavy (non-hydrogen) atoms. The summed E-state index contributed by atoms with van der Waals surface area (Å²) in [6.07, 6.45) is 5.07. The lowest BCUT2D eigenvalue weighted by Gasteiger charge is -2.10. The molecular formula is C15H13N3O2. The van der Waals surface area contributed by atoms with Gasteiger partial charge in [-0.15, -0.1) is 6.42 Å². The van der Waals surface area contributed by atoms with E-state index in [0.717, 1.165) is 5.69 Å². The van der Waals surface area contributed by atoms with Gasteiger partial charge in [0.1, 0.15) is 0 Å². The Morgan fingerprint density at radius 1 is 1.40 bits per heavy atom. The van der Waals surface area contributed by atoms with Crippen LogP contribution in [0.15, 0.2) is 41.2 Å². The average Bonchev–Trinajstić information content (AvgIpc) is 2.46. The van der Waals surface area contributed by atoms with Gasteiger partial charge in [0.2, 0.25) is 5.43 Å². The first-order chi connectivity index (χ1) is 9.63. The van der Waals surface area contributed by atoms with Gasteiger partial charge < -0.3 is 5.32 Å². The summed E-state index contributed by atoms with van der Waals surface area (Å²) in [5.41, 5.74) is 0.824. The number of nitrogens with one attached hydrogen (secondary N) is 1. The zero-order valence-electron chi connectivity index (χ0n) is 11.0. The molecule has 1 amide bonds. The van der Waals surface area contributed by atoms with Crippen molar-refractivity contribution in [3.63, 3.8) is 0 Å². The third kappa shape index (κ3) is 2.75. The highest BCUT2D eigenvalue weighted by molar-refractivity contribution is 5.92. The minimum Gasteiger partial charge on any atom is -0.340 e. The average molecular weight is 267 g/mol. The van der Waals surface area contributed by atoms with Gasteiger partial charge in [-0.1, -0.05) is 24.1 Å². The second-order valence-electron chi connectivity index (χ2n) is 4.13. The van der Waals surface area contributed by atoms with Crippen LogP contribution in [0.3, 0.4) is 0 Å². The van der Waals surface area contributed by atoms with Gasteiger partial charge in [0.05, 0.1) is 12.2 Å². The molecule has 0 bridgehead atoms. The van der Waals surface area contributed by atoms with Crippen molar-refractivity contribution in [3.05, 3.63) is 58.0 Å². The van der Waals surface area contributed by atoms with Gasteiger partial charge in [-0.25, -0.2) is 4.68 Å². The van der Waals surface area contributed by atoms with E-state index in [1.54, 1.807) is 11.6 Å². The van der Waals surface area contributed by atoms with Gasteiger partial charge in [-0.2, -0.15) is 5.10 Å².